The number of carboxylic acids is 1. The van der Waals surface area contributed by atoms with E-state index < -0.39 is 5.97 Å². The van der Waals surface area contributed by atoms with Crippen LogP contribution in [0.2, 0.25) is 0 Å². The number of carboxylic acid groups (broad SMARTS) is 1. The van der Waals surface area contributed by atoms with Crippen LogP contribution < -0.4 is 0 Å². The molecule has 0 fully saturated rings. The molecule has 4 aromatic rings. The third-order valence-electron chi connectivity index (χ3n) is 5.56. The first kappa shape index (κ1) is 21.2. The van der Waals surface area contributed by atoms with Gasteiger partial charge in [0.15, 0.2) is 0 Å². The summed E-state index contributed by atoms with van der Waals surface area (Å²) in [4.78, 5) is 24.9. The minimum absolute atomic E-state index is 0.261. The van der Waals surface area contributed by atoms with Gasteiger partial charge in [-0.15, -0.1) is 0 Å². The molecule has 1 N–H and O–H groups in total. The summed E-state index contributed by atoms with van der Waals surface area (Å²) in [7, 11) is 0. The lowest BCUT2D eigenvalue weighted by Gasteiger charge is -2.12. The van der Waals surface area contributed by atoms with Gasteiger partial charge >= 0.3 is 5.97 Å². The Morgan fingerprint density at radius 2 is 1.97 bits per heavy atom. The molecule has 0 atom stereocenters. The van der Waals surface area contributed by atoms with Gasteiger partial charge in [-0.05, 0) is 30.5 Å². The average Bonchev–Trinajstić information content (AvgIpc) is 3.17. The fourth-order valence-corrected chi connectivity index (χ4v) is 3.87. The molecule has 160 valence electrons. The fraction of sp³-hybridized carbons (Fsp3) is 0.240. The second-order valence-electron chi connectivity index (χ2n) is 7.74. The van der Waals surface area contributed by atoms with Gasteiger partial charge in [0.1, 0.15) is 18.2 Å². The minimum atomic E-state index is -0.957. The Labute approximate surface area is 186 Å². The van der Waals surface area contributed by atoms with Crippen LogP contribution in [0, 0.1) is 18.3 Å². The van der Waals surface area contributed by atoms with Crippen LogP contribution in [-0.4, -0.2) is 30.6 Å². The van der Waals surface area contributed by atoms with Crippen LogP contribution >= 0.6 is 0 Å². The van der Waals surface area contributed by atoms with Gasteiger partial charge < -0.3 is 9.67 Å². The Bertz CT molecular complexity index is 1330. The van der Waals surface area contributed by atoms with Crippen LogP contribution in [0.4, 0.5) is 0 Å². The third kappa shape index (κ3) is 3.95. The Kier molecular flexibility index (Phi) is 5.95. The summed E-state index contributed by atoms with van der Waals surface area (Å²) >= 11 is 0. The molecule has 0 unspecified atom stereocenters. The second kappa shape index (κ2) is 8.98. The first-order valence-electron chi connectivity index (χ1n) is 10.5. The van der Waals surface area contributed by atoms with Gasteiger partial charge in [0.2, 0.25) is 0 Å². The smallest absolute Gasteiger partial charge is 0.337 e. The molecule has 7 heteroatoms. The van der Waals surface area contributed by atoms with Gasteiger partial charge in [0, 0.05) is 24.7 Å². The number of rotatable bonds is 7. The maximum Gasteiger partial charge on any atom is 0.337 e. The first-order valence-corrected chi connectivity index (χ1v) is 10.5. The molecule has 0 saturated heterocycles. The van der Waals surface area contributed by atoms with E-state index >= 15 is 0 Å². The Morgan fingerprint density at radius 3 is 2.66 bits per heavy atom. The van der Waals surface area contributed by atoms with E-state index in [1.54, 1.807) is 6.07 Å². The molecule has 0 bridgehead atoms. The van der Waals surface area contributed by atoms with Crippen LogP contribution in [0.5, 0.6) is 0 Å². The number of carbonyl (C=O) groups is 1. The highest BCUT2D eigenvalue weighted by Gasteiger charge is 2.19. The number of aryl methyl sites for hydroxylation is 2. The number of imidazole rings is 1. The molecule has 2 heterocycles. The molecule has 0 aliphatic carbocycles. The Hall–Kier alpha value is -4.05. The number of fused-ring (bicyclic) bond motifs is 1. The predicted octanol–water partition coefficient (Wildman–Crippen LogP) is 4.76. The van der Waals surface area contributed by atoms with E-state index in [9.17, 15) is 15.2 Å². The van der Waals surface area contributed by atoms with Gasteiger partial charge in [0.05, 0.1) is 27.9 Å². The van der Waals surface area contributed by atoms with Crippen LogP contribution in [0.1, 0.15) is 52.6 Å². The molecule has 0 spiro atoms. The molecular formula is C25H23N5O2. The van der Waals surface area contributed by atoms with Gasteiger partial charge in [-0.2, -0.15) is 5.26 Å². The lowest BCUT2D eigenvalue weighted by molar-refractivity contribution is 0.0698. The van der Waals surface area contributed by atoms with Crippen molar-refractivity contribution in [2.75, 3.05) is 0 Å². The molecule has 0 saturated carbocycles. The highest BCUT2D eigenvalue weighted by Crippen LogP contribution is 2.27. The zero-order valence-electron chi connectivity index (χ0n) is 18.0. The lowest BCUT2D eigenvalue weighted by Crippen LogP contribution is -2.08. The third-order valence-corrected chi connectivity index (χ3v) is 5.56. The summed E-state index contributed by atoms with van der Waals surface area (Å²) in [5.74, 6) is -0.0633. The maximum absolute atomic E-state index is 11.9. The van der Waals surface area contributed by atoms with Crippen molar-refractivity contribution in [2.24, 2.45) is 0 Å². The summed E-state index contributed by atoms with van der Waals surface area (Å²) < 4.78 is 2.03. The second-order valence-corrected chi connectivity index (χ2v) is 7.74. The summed E-state index contributed by atoms with van der Waals surface area (Å²) in [6.07, 6.45) is 5.73. The van der Waals surface area contributed by atoms with E-state index in [1.807, 2.05) is 41.8 Å². The van der Waals surface area contributed by atoms with Gasteiger partial charge in [-0.25, -0.2) is 19.7 Å². The van der Waals surface area contributed by atoms with E-state index in [4.69, 9.17) is 4.98 Å². The van der Waals surface area contributed by atoms with Crippen LogP contribution in [0.3, 0.4) is 0 Å². The van der Waals surface area contributed by atoms with E-state index in [0.717, 1.165) is 47.3 Å². The zero-order chi connectivity index (χ0) is 22.7. The molecule has 2 aromatic carbocycles. The summed E-state index contributed by atoms with van der Waals surface area (Å²) in [5.41, 5.74) is 5.48. The molecule has 7 nitrogen and oxygen atoms in total. The van der Waals surface area contributed by atoms with Crippen molar-refractivity contribution in [2.45, 2.75) is 39.7 Å². The fourth-order valence-electron chi connectivity index (χ4n) is 3.87. The van der Waals surface area contributed by atoms with E-state index in [1.165, 1.54) is 12.5 Å². The summed E-state index contributed by atoms with van der Waals surface area (Å²) in [5, 5.41) is 19.1. The highest BCUT2D eigenvalue weighted by molar-refractivity contribution is 6.02. The van der Waals surface area contributed by atoms with Crippen LogP contribution in [0.25, 0.3) is 22.3 Å². The van der Waals surface area contributed by atoms with Crippen molar-refractivity contribution in [3.63, 3.8) is 0 Å². The van der Waals surface area contributed by atoms with Crippen molar-refractivity contribution in [1.29, 1.82) is 5.26 Å². The molecule has 0 aliphatic rings. The highest BCUT2D eigenvalue weighted by atomic mass is 16.4. The number of hydrogen-bond donors (Lipinski definition) is 1. The number of nitriles is 1. The van der Waals surface area contributed by atoms with E-state index in [-0.39, 0.29) is 5.56 Å². The largest absolute Gasteiger partial charge is 0.478 e. The molecule has 0 aliphatic heterocycles. The van der Waals surface area contributed by atoms with Crippen molar-refractivity contribution >= 4 is 17.0 Å². The quantitative estimate of drug-likeness (QED) is 0.458. The first-order chi connectivity index (χ1) is 15.5. The standard InChI is InChI=1S/C25H23N5O2/c1-3-4-5-21-29-22-16(2)6-11-20(25(31)32)24(22)30(21)14-17-7-9-18(10-8-17)23-19(12-26)13-27-15-28-23/h6-11,13,15H,3-5,14H2,1-2H3,(H,31,32). The molecule has 0 radical (unpaired) electrons. The van der Waals surface area contributed by atoms with Crippen molar-refractivity contribution in [1.82, 2.24) is 19.5 Å². The van der Waals surface area contributed by atoms with Crippen molar-refractivity contribution in [3.8, 4) is 17.3 Å². The Balaban J connectivity index is 1.77. The lowest BCUT2D eigenvalue weighted by atomic mass is 10.1. The van der Waals surface area contributed by atoms with Gasteiger partial charge in [0.25, 0.3) is 0 Å². The predicted molar refractivity (Wildman–Crippen MR) is 121 cm³/mol. The molecular weight excluding hydrogens is 402 g/mol. The SMILES string of the molecule is CCCCc1nc2c(C)ccc(C(=O)O)c2n1Cc1ccc(-c2ncncc2C#N)cc1. The zero-order valence-corrected chi connectivity index (χ0v) is 18.0. The van der Waals surface area contributed by atoms with E-state index in [0.29, 0.717) is 23.3 Å². The molecule has 32 heavy (non-hydrogen) atoms. The molecule has 0 amide bonds. The van der Waals surface area contributed by atoms with Crippen LogP contribution in [-0.2, 0) is 13.0 Å². The van der Waals surface area contributed by atoms with Crippen molar-refractivity contribution < 1.29 is 9.90 Å². The van der Waals surface area contributed by atoms with Gasteiger partial charge in [-0.1, -0.05) is 43.7 Å². The number of aromatic nitrogens is 4. The topological polar surface area (TPSA) is 105 Å². The van der Waals surface area contributed by atoms with Gasteiger partial charge in [-0.3, -0.25) is 0 Å². The molecule has 2 aromatic heterocycles. The van der Waals surface area contributed by atoms with Crippen LogP contribution in [0.15, 0.2) is 48.9 Å². The monoisotopic (exact) mass is 425 g/mol. The number of hydrogen-bond acceptors (Lipinski definition) is 5. The maximum atomic E-state index is 11.9. The summed E-state index contributed by atoms with van der Waals surface area (Å²) in [6.45, 7) is 4.59. The Morgan fingerprint density at radius 1 is 1.19 bits per heavy atom. The number of nitrogens with zero attached hydrogens (tertiary/aromatic N) is 5. The minimum Gasteiger partial charge on any atom is -0.478 e. The van der Waals surface area contributed by atoms with E-state index in [2.05, 4.69) is 23.0 Å². The normalized spacial score (nSPS) is 10.9. The number of aromatic carboxylic acids is 1. The molecule has 4 rings (SSSR count). The number of unbranched alkanes of at least 4 members (excludes halogenated alkanes) is 1. The number of benzene rings is 2. The van der Waals surface area contributed by atoms with Crippen molar-refractivity contribution in [3.05, 3.63) is 77.0 Å². The summed E-state index contributed by atoms with van der Waals surface area (Å²) in [6, 6.07) is 13.4. The average molecular weight is 425 g/mol.